The van der Waals surface area contributed by atoms with Crippen LogP contribution in [0.15, 0.2) is 35.1 Å². The highest BCUT2D eigenvalue weighted by Gasteiger charge is 2.40. The van der Waals surface area contributed by atoms with Crippen LogP contribution in [-0.4, -0.2) is 42.2 Å². The van der Waals surface area contributed by atoms with Crippen molar-refractivity contribution in [2.75, 3.05) is 20.3 Å². The third-order valence-electron chi connectivity index (χ3n) is 5.09. The number of Topliss-reactive ketones (excluding diaryl/α,β-unsaturated/α-hetero) is 1. The summed E-state index contributed by atoms with van der Waals surface area (Å²) in [4.78, 5) is 36.3. The normalized spacial score (nSPS) is 16.2. The van der Waals surface area contributed by atoms with Gasteiger partial charge < -0.3 is 18.8 Å². The van der Waals surface area contributed by atoms with Crippen molar-refractivity contribution in [2.24, 2.45) is 7.05 Å². The molecule has 0 N–H and O–H groups in total. The first-order valence-corrected chi connectivity index (χ1v) is 8.86. The highest BCUT2D eigenvalue weighted by Crippen LogP contribution is 2.27. The van der Waals surface area contributed by atoms with Crippen LogP contribution in [0.3, 0.4) is 0 Å². The van der Waals surface area contributed by atoms with E-state index in [1.54, 1.807) is 23.7 Å². The van der Waals surface area contributed by atoms with E-state index < -0.39 is 11.6 Å². The number of fused-ring (bicyclic) bond motifs is 1. The molecule has 2 heterocycles. The molecule has 0 unspecified atom stereocenters. The van der Waals surface area contributed by atoms with Crippen LogP contribution in [0, 0.1) is 0 Å². The maximum atomic E-state index is 12.5. The Morgan fingerprint density at radius 1 is 1.19 bits per heavy atom. The lowest BCUT2D eigenvalue weighted by Gasteiger charge is -2.34. The maximum Gasteiger partial charge on any atom is 0.313 e. The van der Waals surface area contributed by atoms with E-state index in [-0.39, 0.29) is 24.4 Å². The van der Waals surface area contributed by atoms with Crippen molar-refractivity contribution in [1.29, 1.82) is 0 Å². The van der Waals surface area contributed by atoms with Gasteiger partial charge in [-0.3, -0.25) is 14.4 Å². The number of rotatable bonds is 6. The summed E-state index contributed by atoms with van der Waals surface area (Å²) in [6.45, 7) is 0.941. The van der Waals surface area contributed by atoms with Crippen LogP contribution in [0.5, 0.6) is 0 Å². The van der Waals surface area contributed by atoms with Crippen LogP contribution in [0.2, 0.25) is 0 Å². The van der Waals surface area contributed by atoms with Crippen molar-refractivity contribution in [2.45, 2.75) is 31.5 Å². The van der Waals surface area contributed by atoms with Crippen molar-refractivity contribution in [3.63, 3.8) is 0 Å². The monoisotopic (exact) mass is 373 g/mol. The van der Waals surface area contributed by atoms with Crippen LogP contribution < -0.4 is 5.56 Å². The Labute approximate surface area is 156 Å². The standard InChI is InChI=1S/C20H23NO6/c1-21-16-5-3-14(11-15(16)4-6-18(21)23)13-27-19(24)12-17(22)20(25-2)7-9-26-10-8-20/h3-6,11H,7-10,12-13H2,1-2H3. The van der Waals surface area contributed by atoms with Crippen LogP contribution in [-0.2, 0) is 37.5 Å². The van der Waals surface area contributed by atoms with Gasteiger partial charge in [0.15, 0.2) is 5.78 Å². The molecule has 1 fully saturated rings. The molecule has 1 aliphatic rings. The Hall–Kier alpha value is -2.51. The number of aromatic nitrogens is 1. The molecular weight excluding hydrogens is 350 g/mol. The van der Waals surface area contributed by atoms with Crippen LogP contribution >= 0.6 is 0 Å². The predicted molar refractivity (Wildman–Crippen MR) is 98.4 cm³/mol. The second-order valence-corrected chi connectivity index (χ2v) is 6.70. The number of nitrogens with zero attached hydrogens (tertiary/aromatic N) is 1. The zero-order chi connectivity index (χ0) is 19.4. The van der Waals surface area contributed by atoms with Crippen LogP contribution in [0.1, 0.15) is 24.8 Å². The van der Waals surface area contributed by atoms with Gasteiger partial charge in [-0.05, 0) is 29.1 Å². The Bertz CT molecular complexity index is 910. The van der Waals surface area contributed by atoms with Gasteiger partial charge in [0, 0.05) is 46.3 Å². The quantitative estimate of drug-likeness (QED) is 0.566. The smallest absolute Gasteiger partial charge is 0.313 e. The summed E-state index contributed by atoms with van der Waals surface area (Å²) >= 11 is 0. The zero-order valence-corrected chi connectivity index (χ0v) is 15.5. The Balaban J connectivity index is 1.62. The fraction of sp³-hybridized carbons (Fsp3) is 0.450. The second-order valence-electron chi connectivity index (χ2n) is 6.70. The van der Waals surface area contributed by atoms with Gasteiger partial charge in [-0.15, -0.1) is 0 Å². The molecule has 0 atom stereocenters. The molecule has 1 aliphatic heterocycles. The van der Waals surface area contributed by atoms with Gasteiger partial charge in [0.1, 0.15) is 18.6 Å². The topological polar surface area (TPSA) is 83.8 Å². The fourth-order valence-corrected chi connectivity index (χ4v) is 3.33. The largest absolute Gasteiger partial charge is 0.460 e. The number of methoxy groups -OCH3 is 1. The van der Waals surface area contributed by atoms with E-state index in [0.717, 1.165) is 16.5 Å². The Morgan fingerprint density at radius 2 is 1.93 bits per heavy atom. The summed E-state index contributed by atoms with van der Waals surface area (Å²) in [6.07, 6.45) is 0.563. The molecule has 0 spiro atoms. The highest BCUT2D eigenvalue weighted by molar-refractivity contribution is 6.00. The molecule has 7 heteroatoms. The van der Waals surface area contributed by atoms with Gasteiger partial charge in [0.25, 0.3) is 5.56 Å². The van der Waals surface area contributed by atoms with Gasteiger partial charge in [0.05, 0.1) is 5.52 Å². The Morgan fingerprint density at radius 3 is 2.63 bits per heavy atom. The van der Waals surface area contributed by atoms with Crippen molar-refractivity contribution >= 4 is 22.7 Å². The van der Waals surface area contributed by atoms with E-state index in [4.69, 9.17) is 14.2 Å². The lowest BCUT2D eigenvalue weighted by molar-refractivity contribution is -0.160. The number of aryl methyl sites for hydroxylation is 1. The summed E-state index contributed by atoms with van der Waals surface area (Å²) in [6, 6.07) is 8.70. The highest BCUT2D eigenvalue weighted by atomic mass is 16.5. The zero-order valence-electron chi connectivity index (χ0n) is 15.5. The minimum Gasteiger partial charge on any atom is -0.460 e. The number of hydrogen-bond acceptors (Lipinski definition) is 6. The van der Waals surface area contributed by atoms with E-state index in [0.29, 0.717) is 26.1 Å². The van der Waals surface area contributed by atoms with Gasteiger partial charge >= 0.3 is 5.97 Å². The number of ketones is 1. The summed E-state index contributed by atoms with van der Waals surface area (Å²) < 4.78 is 17.5. The van der Waals surface area contributed by atoms with E-state index >= 15 is 0 Å². The second kappa shape index (κ2) is 8.02. The Kier molecular flexibility index (Phi) is 5.72. The van der Waals surface area contributed by atoms with E-state index in [9.17, 15) is 14.4 Å². The first kappa shape index (κ1) is 19.3. The van der Waals surface area contributed by atoms with Gasteiger partial charge in [0.2, 0.25) is 0 Å². The van der Waals surface area contributed by atoms with Crippen molar-refractivity contribution in [3.8, 4) is 0 Å². The molecule has 2 aromatic rings. The number of carbonyl (C=O) groups excluding carboxylic acids is 2. The summed E-state index contributed by atoms with van der Waals surface area (Å²) in [5, 5.41) is 0.877. The summed E-state index contributed by atoms with van der Waals surface area (Å²) in [5.74, 6) is -0.852. The van der Waals surface area contributed by atoms with E-state index in [1.165, 1.54) is 13.2 Å². The molecule has 1 aromatic carbocycles. The first-order valence-electron chi connectivity index (χ1n) is 8.86. The average Bonchev–Trinajstić information content (AvgIpc) is 2.69. The number of pyridine rings is 1. The van der Waals surface area contributed by atoms with Crippen LogP contribution in [0.4, 0.5) is 0 Å². The molecule has 144 valence electrons. The van der Waals surface area contributed by atoms with Crippen molar-refractivity contribution < 1.29 is 23.8 Å². The minimum absolute atomic E-state index is 0.0635. The van der Waals surface area contributed by atoms with E-state index in [2.05, 4.69) is 0 Å². The van der Waals surface area contributed by atoms with Gasteiger partial charge in [-0.25, -0.2) is 0 Å². The summed E-state index contributed by atoms with van der Waals surface area (Å²) in [7, 11) is 3.19. The number of esters is 1. The molecule has 1 saturated heterocycles. The number of ether oxygens (including phenoxy) is 3. The third kappa shape index (κ3) is 4.09. The predicted octanol–water partition coefficient (Wildman–Crippen LogP) is 1.74. The number of hydrogen-bond donors (Lipinski definition) is 0. The lowest BCUT2D eigenvalue weighted by Crippen LogP contribution is -2.46. The van der Waals surface area contributed by atoms with E-state index in [1.807, 2.05) is 12.1 Å². The molecular formula is C20H23NO6. The SMILES string of the molecule is COC1(C(=O)CC(=O)OCc2ccc3c(ccc(=O)n3C)c2)CCOCC1. The maximum absolute atomic E-state index is 12.5. The molecule has 0 amide bonds. The minimum atomic E-state index is -0.953. The lowest BCUT2D eigenvalue weighted by atomic mass is 9.88. The van der Waals surface area contributed by atoms with Gasteiger partial charge in [-0.2, -0.15) is 0 Å². The van der Waals surface area contributed by atoms with Crippen molar-refractivity contribution in [3.05, 3.63) is 46.2 Å². The number of benzene rings is 1. The third-order valence-corrected chi connectivity index (χ3v) is 5.09. The molecule has 0 saturated carbocycles. The molecule has 0 aliphatic carbocycles. The molecule has 27 heavy (non-hydrogen) atoms. The number of carbonyl (C=O) groups is 2. The van der Waals surface area contributed by atoms with Gasteiger partial charge in [-0.1, -0.05) is 6.07 Å². The fourth-order valence-electron chi connectivity index (χ4n) is 3.33. The average molecular weight is 373 g/mol. The molecule has 1 aromatic heterocycles. The van der Waals surface area contributed by atoms with Crippen molar-refractivity contribution in [1.82, 2.24) is 4.57 Å². The molecule has 3 rings (SSSR count). The molecule has 7 nitrogen and oxygen atoms in total. The summed E-state index contributed by atoms with van der Waals surface area (Å²) in [5.41, 5.74) is 0.550. The van der Waals surface area contributed by atoms with Crippen LogP contribution in [0.25, 0.3) is 10.9 Å². The first-order chi connectivity index (χ1) is 12.9. The molecule has 0 bridgehead atoms. The molecule has 0 radical (unpaired) electrons.